The number of aryl methyl sites for hydroxylation is 1. The summed E-state index contributed by atoms with van der Waals surface area (Å²) in [5.41, 5.74) is 7.24. The number of benzene rings is 4. The first-order valence-electron chi connectivity index (χ1n) is 11.8. The molecule has 6 nitrogen and oxygen atoms in total. The zero-order valence-electron chi connectivity index (χ0n) is 20.1. The van der Waals surface area contributed by atoms with Crippen LogP contribution in [0, 0.1) is 6.92 Å². The second-order valence-electron chi connectivity index (χ2n) is 8.55. The highest BCUT2D eigenvalue weighted by atomic mass is 16.5. The minimum Gasteiger partial charge on any atom is -0.480 e. The molecular formula is C30H26N4O2. The summed E-state index contributed by atoms with van der Waals surface area (Å²) >= 11 is 0. The Morgan fingerprint density at radius 1 is 0.944 bits per heavy atom. The van der Waals surface area contributed by atoms with Crippen LogP contribution < -0.4 is 10.2 Å². The molecule has 36 heavy (non-hydrogen) atoms. The molecule has 4 aromatic carbocycles. The number of hydrogen-bond donors (Lipinski definition) is 1. The minimum atomic E-state index is -0.725. The van der Waals surface area contributed by atoms with Crippen LogP contribution in [0.25, 0.3) is 27.7 Å². The molecule has 0 aliphatic rings. The van der Waals surface area contributed by atoms with Crippen molar-refractivity contribution in [1.29, 1.82) is 0 Å². The average Bonchev–Trinajstić information content (AvgIpc) is 3.34. The summed E-state index contributed by atoms with van der Waals surface area (Å²) in [6.45, 7) is 3.75. The van der Waals surface area contributed by atoms with Crippen LogP contribution in [0.1, 0.15) is 18.1 Å². The van der Waals surface area contributed by atoms with Gasteiger partial charge in [0.2, 0.25) is 0 Å². The highest BCUT2D eigenvalue weighted by Crippen LogP contribution is 2.26. The molecular weight excluding hydrogens is 448 g/mol. The van der Waals surface area contributed by atoms with Gasteiger partial charge in [-0.25, -0.2) is 10.1 Å². The highest BCUT2D eigenvalue weighted by Gasteiger charge is 2.16. The van der Waals surface area contributed by atoms with Gasteiger partial charge in [0.1, 0.15) is 11.4 Å². The van der Waals surface area contributed by atoms with Gasteiger partial charge in [-0.15, -0.1) is 0 Å². The molecule has 0 fully saturated rings. The molecule has 0 aliphatic carbocycles. The first-order chi connectivity index (χ1) is 17.6. The maximum absolute atomic E-state index is 12.7. The van der Waals surface area contributed by atoms with Gasteiger partial charge in [-0.05, 0) is 37.4 Å². The van der Waals surface area contributed by atoms with Crippen LogP contribution in [0.5, 0.6) is 5.75 Å². The monoisotopic (exact) mass is 474 g/mol. The van der Waals surface area contributed by atoms with Crippen LogP contribution >= 0.6 is 0 Å². The number of nitrogens with one attached hydrogen (secondary N) is 1. The van der Waals surface area contributed by atoms with Crippen LogP contribution in [-0.2, 0) is 4.79 Å². The molecule has 0 saturated heterocycles. The van der Waals surface area contributed by atoms with E-state index in [1.54, 1.807) is 13.1 Å². The number of carbonyl (C=O) groups is 1. The number of para-hydroxylation sites is 1. The molecule has 1 atom stereocenters. The van der Waals surface area contributed by atoms with E-state index in [1.807, 2.05) is 115 Å². The van der Waals surface area contributed by atoms with Gasteiger partial charge in [0.15, 0.2) is 6.10 Å². The second-order valence-corrected chi connectivity index (χ2v) is 8.55. The maximum atomic E-state index is 12.7. The Hall–Kier alpha value is -4.71. The van der Waals surface area contributed by atoms with Crippen molar-refractivity contribution >= 4 is 22.9 Å². The van der Waals surface area contributed by atoms with Crippen molar-refractivity contribution in [2.24, 2.45) is 5.10 Å². The topological polar surface area (TPSA) is 68.5 Å². The van der Waals surface area contributed by atoms with Crippen LogP contribution in [0.2, 0.25) is 0 Å². The number of aromatic nitrogens is 2. The normalized spacial score (nSPS) is 12.1. The number of hydrazone groups is 1. The highest BCUT2D eigenvalue weighted by molar-refractivity contribution is 5.91. The van der Waals surface area contributed by atoms with E-state index in [2.05, 4.69) is 10.5 Å². The van der Waals surface area contributed by atoms with Gasteiger partial charge in [-0.2, -0.15) is 10.2 Å². The van der Waals surface area contributed by atoms with E-state index in [0.717, 1.165) is 33.3 Å². The third-order valence-electron chi connectivity index (χ3n) is 5.89. The summed E-state index contributed by atoms with van der Waals surface area (Å²) in [6, 6.07) is 31.7. The van der Waals surface area contributed by atoms with E-state index in [-0.39, 0.29) is 5.91 Å². The molecule has 1 N–H and O–H groups in total. The van der Waals surface area contributed by atoms with Gasteiger partial charge in [0.05, 0.1) is 11.9 Å². The lowest BCUT2D eigenvalue weighted by Crippen LogP contribution is -2.33. The maximum Gasteiger partial charge on any atom is 0.280 e. The van der Waals surface area contributed by atoms with Crippen molar-refractivity contribution in [3.63, 3.8) is 0 Å². The van der Waals surface area contributed by atoms with Crippen molar-refractivity contribution < 1.29 is 9.53 Å². The van der Waals surface area contributed by atoms with Crippen molar-refractivity contribution in [3.05, 3.63) is 114 Å². The summed E-state index contributed by atoms with van der Waals surface area (Å²) in [5, 5.41) is 11.0. The number of rotatable bonds is 7. The summed E-state index contributed by atoms with van der Waals surface area (Å²) in [5.74, 6) is 0.317. The van der Waals surface area contributed by atoms with E-state index >= 15 is 0 Å². The van der Waals surface area contributed by atoms with Gasteiger partial charge in [-0.3, -0.25) is 4.79 Å². The van der Waals surface area contributed by atoms with Gasteiger partial charge in [-0.1, -0.05) is 84.4 Å². The van der Waals surface area contributed by atoms with Crippen molar-refractivity contribution in [3.8, 4) is 22.7 Å². The van der Waals surface area contributed by atoms with E-state index in [9.17, 15) is 4.79 Å². The molecule has 0 bridgehead atoms. The standard InChI is InChI=1S/C30H26N4O2/c1-21-15-17-24(18-16-21)29-25(20-34(33-29)26-11-4-3-5-12-26)19-31-32-30(35)22(2)36-28-14-8-10-23-9-6-7-13-27(23)28/h3-20,22H,1-2H3,(H,32,35). The first kappa shape index (κ1) is 23.1. The van der Waals surface area contributed by atoms with Crippen LogP contribution in [0.3, 0.4) is 0 Å². The first-order valence-corrected chi connectivity index (χ1v) is 11.8. The molecule has 5 rings (SSSR count). The largest absolute Gasteiger partial charge is 0.480 e. The fourth-order valence-corrected chi connectivity index (χ4v) is 3.93. The Morgan fingerprint density at radius 3 is 2.47 bits per heavy atom. The molecule has 0 spiro atoms. The summed E-state index contributed by atoms with van der Waals surface area (Å²) < 4.78 is 7.77. The third kappa shape index (κ3) is 5.03. The Bertz CT molecular complexity index is 1520. The molecule has 0 radical (unpaired) electrons. The second kappa shape index (κ2) is 10.3. The van der Waals surface area contributed by atoms with E-state index in [4.69, 9.17) is 9.84 Å². The molecule has 6 heteroatoms. The number of fused-ring (bicyclic) bond motifs is 1. The predicted octanol–water partition coefficient (Wildman–Crippen LogP) is 5.92. The van der Waals surface area contributed by atoms with Crippen LogP contribution in [0.4, 0.5) is 0 Å². The van der Waals surface area contributed by atoms with Crippen LogP contribution in [0.15, 0.2) is 108 Å². The van der Waals surface area contributed by atoms with E-state index < -0.39 is 6.10 Å². The number of ether oxygens (including phenoxy) is 1. The number of carbonyl (C=O) groups excluding carboxylic acids is 1. The fourth-order valence-electron chi connectivity index (χ4n) is 3.93. The fraction of sp³-hybridized carbons (Fsp3) is 0.100. The average molecular weight is 475 g/mol. The molecule has 5 aromatic rings. The molecule has 1 aromatic heterocycles. The van der Waals surface area contributed by atoms with Crippen molar-refractivity contribution in [1.82, 2.24) is 15.2 Å². The molecule has 1 amide bonds. The van der Waals surface area contributed by atoms with Crippen LogP contribution in [-0.4, -0.2) is 28.0 Å². The van der Waals surface area contributed by atoms with Gasteiger partial charge in [0, 0.05) is 22.7 Å². The molecule has 0 aliphatic heterocycles. The quantitative estimate of drug-likeness (QED) is 0.235. The number of nitrogens with zero attached hydrogens (tertiary/aromatic N) is 3. The van der Waals surface area contributed by atoms with Gasteiger partial charge >= 0.3 is 0 Å². The van der Waals surface area contributed by atoms with Gasteiger partial charge in [0.25, 0.3) is 5.91 Å². The molecule has 1 heterocycles. The smallest absolute Gasteiger partial charge is 0.280 e. The minimum absolute atomic E-state index is 0.341. The summed E-state index contributed by atoms with van der Waals surface area (Å²) in [4.78, 5) is 12.7. The Morgan fingerprint density at radius 2 is 1.67 bits per heavy atom. The third-order valence-corrected chi connectivity index (χ3v) is 5.89. The lowest BCUT2D eigenvalue weighted by atomic mass is 10.1. The number of amides is 1. The van der Waals surface area contributed by atoms with E-state index in [0.29, 0.717) is 5.75 Å². The van der Waals surface area contributed by atoms with Crippen molar-refractivity contribution in [2.75, 3.05) is 0 Å². The Labute approximate surface area is 209 Å². The zero-order chi connectivity index (χ0) is 24.9. The summed E-state index contributed by atoms with van der Waals surface area (Å²) in [7, 11) is 0. The SMILES string of the molecule is Cc1ccc(-c2nn(-c3ccccc3)cc2C=NNC(=O)C(C)Oc2cccc3ccccc23)cc1. The lowest BCUT2D eigenvalue weighted by Gasteiger charge is -2.14. The Kier molecular flexibility index (Phi) is 6.58. The molecule has 0 saturated carbocycles. The van der Waals surface area contributed by atoms with Crippen molar-refractivity contribution in [2.45, 2.75) is 20.0 Å². The summed E-state index contributed by atoms with van der Waals surface area (Å²) in [6.07, 6.45) is 2.79. The van der Waals surface area contributed by atoms with Gasteiger partial charge < -0.3 is 4.74 Å². The zero-order valence-corrected chi connectivity index (χ0v) is 20.1. The molecule has 178 valence electrons. The molecule has 1 unspecified atom stereocenters. The Balaban J connectivity index is 1.34. The number of hydrogen-bond acceptors (Lipinski definition) is 4. The van der Waals surface area contributed by atoms with E-state index in [1.165, 1.54) is 5.56 Å². The lowest BCUT2D eigenvalue weighted by molar-refractivity contribution is -0.127. The predicted molar refractivity (Wildman–Crippen MR) is 144 cm³/mol.